The predicted octanol–water partition coefficient (Wildman–Crippen LogP) is 4.97. The highest BCUT2D eigenvalue weighted by atomic mass is 16.6. The van der Waals surface area contributed by atoms with Gasteiger partial charge in [0.1, 0.15) is 5.60 Å². The Hall–Kier alpha value is -3.35. The summed E-state index contributed by atoms with van der Waals surface area (Å²) in [6, 6.07) is 13.3. The van der Waals surface area contributed by atoms with E-state index in [0.29, 0.717) is 13.1 Å². The van der Waals surface area contributed by atoms with E-state index in [0.717, 1.165) is 34.9 Å². The summed E-state index contributed by atoms with van der Waals surface area (Å²) in [6.07, 6.45) is 3.27. The van der Waals surface area contributed by atoms with Crippen LogP contribution in [-0.4, -0.2) is 50.5 Å². The molecule has 0 unspecified atom stereocenters. The minimum Gasteiger partial charge on any atom is -0.478 e. The van der Waals surface area contributed by atoms with Crippen molar-refractivity contribution >= 4 is 23.0 Å². The first-order valence-corrected chi connectivity index (χ1v) is 10.5. The number of fused-ring (bicyclic) bond motifs is 1. The fourth-order valence-electron chi connectivity index (χ4n) is 3.95. The minimum absolute atomic E-state index is 0.233. The van der Waals surface area contributed by atoms with Crippen molar-refractivity contribution < 1.29 is 19.4 Å². The highest BCUT2D eigenvalue weighted by molar-refractivity contribution is 5.89. The Kier molecular flexibility index (Phi) is 5.43. The van der Waals surface area contributed by atoms with Gasteiger partial charge in [0.25, 0.3) is 0 Å². The molecule has 0 bridgehead atoms. The molecule has 2 heterocycles. The van der Waals surface area contributed by atoms with Crippen LogP contribution in [0.1, 0.15) is 50.0 Å². The number of amides is 1. The Labute approximate surface area is 181 Å². The van der Waals surface area contributed by atoms with Crippen LogP contribution >= 0.6 is 0 Å². The summed E-state index contributed by atoms with van der Waals surface area (Å²) in [7, 11) is 0. The number of aromatic nitrogens is 2. The van der Waals surface area contributed by atoms with Gasteiger partial charge in [-0.3, -0.25) is 4.68 Å². The van der Waals surface area contributed by atoms with E-state index in [2.05, 4.69) is 21.9 Å². The first-order valence-electron chi connectivity index (χ1n) is 10.5. The molecule has 1 aromatic heterocycles. The van der Waals surface area contributed by atoms with E-state index in [-0.39, 0.29) is 17.7 Å². The number of nitrogens with zero attached hydrogens (tertiary/aromatic N) is 3. The van der Waals surface area contributed by atoms with Crippen LogP contribution in [0.3, 0.4) is 0 Å². The van der Waals surface area contributed by atoms with E-state index in [1.165, 1.54) is 0 Å². The van der Waals surface area contributed by atoms with Crippen LogP contribution in [0.15, 0.2) is 48.7 Å². The zero-order chi connectivity index (χ0) is 22.2. The van der Waals surface area contributed by atoms with Gasteiger partial charge in [-0.25, -0.2) is 9.59 Å². The zero-order valence-corrected chi connectivity index (χ0v) is 18.0. The van der Waals surface area contributed by atoms with Crippen molar-refractivity contribution in [3.8, 4) is 11.1 Å². The normalized spacial score (nSPS) is 15.3. The van der Waals surface area contributed by atoms with Crippen LogP contribution in [-0.2, 0) is 4.74 Å². The minimum atomic E-state index is -0.930. The quantitative estimate of drug-likeness (QED) is 0.645. The van der Waals surface area contributed by atoms with Crippen LogP contribution in [0.25, 0.3) is 22.0 Å². The summed E-state index contributed by atoms with van der Waals surface area (Å²) in [4.78, 5) is 25.1. The first-order chi connectivity index (χ1) is 14.7. The Morgan fingerprint density at radius 1 is 1.03 bits per heavy atom. The lowest BCUT2D eigenvalue weighted by atomic mass is 10.0. The van der Waals surface area contributed by atoms with Gasteiger partial charge in [0.05, 0.1) is 23.3 Å². The number of ether oxygens (including phenoxy) is 1. The monoisotopic (exact) mass is 421 g/mol. The Morgan fingerprint density at radius 3 is 2.29 bits per heavy atom. The number of hydrogen-bond acceptors (Lipinski definition) is 4. The van der Waals surface area contributed by atoms with Crippen LogP contribution in [0.2, 0.25) is 0 Å². The standard InChI is InChI=1S/C24H27N3O4/c1-24(2,3)31-23(30)26-12-10-20(11-13-26)27-21-9-8-18(14-19(21)15-25-27)16-4-6-17(7-5-16)22(28)29/h4-9,14-15,20H,10-13H2,1-3H3,(H,28,29). The smallest absolute Gasteiger partial charge is 0.410 e. The van der Waals surface area contributed by atoms with Gasteiger partial charge in [-0.1, -0.05) is 18.2 Å². The van der Waals surface area contributed by atoms with Crippen molar-refractivity contribution in [3.05, 3.63) is 54.2 Å². The summed E-state index contributed by atoms with van der Waals surface area (Å²) in [5.74, 6) is -0.930. The molecule has 3 aromatic rings. The van der Waals surface area contributed by atoms with E-state index in [9.17, 15) is 9.59 Å². The molecule has 0 saturated carbocycles. The van der Waals surface area contributed by atoms with Crippen LogP contribution in [0, 0.1) is 0 Å². The summed E-state index contributed by atoms with van der Waals surface area (Å²) < 4.78 is 7.54. The Bertz CT molecular complexity index is 1100. The number of carboxylic acids is 1. The molecule has 1 aliphatic heterocycles. The van der Waals surface area contributed by atoms with E-state index < -0.39 is 11.6 Å². The second-order valence-electron chi connectivity index (χ2n) is 8.94. The highest BCUT2D eigenvalue weighted by Crippen LogP contribution is 2.30. The molecule has 1 saturated heterocycles. The van der Waals surface area contributed by atoms with Gasteiger partial charge in [-0.2, -0.15) is 5.10 Å². The average Bonchev–Trinajstić information content (AvgIpc) is 3.16. The van der Waals surface area contributed by atoms with Gasteiger partial charge in [0.15, 0.2) is 0 Å². The van der Waals surface area contributed by atoms with Crippen LogP contribution in [0.4, 0.5) is 4.79 Å². The molecular formula is C24H27N3O4. The molecule has 0 atom stereocenters. The molecule has 1 fully saturated rings. The van der Waals surface area contributed by atoms with Gasteiger partial charge in [-0.15, -0.1) is 0 Å². The lowest BCUT2D eigenvalue weighted by molar-refractivity contribution is 0.0186. The number of aromatic carboxylic acids is 1. The zero-order valence-electron chi connectivity index (χ0n) is 18.0. The van der Waals surface area contributed by atoms with Crippen molar-refractivity contribution in [1.29, 1.82) is 0 Å². The number of hydrogen-bond donors (Lipinski definition) is 1. The first kappa shape index (κ1) is 20.9. The SMILES string of the molecule is CC(C)(C)OC(=O)N1CCC(n2ncc3cc(-c4ccc(C(=O)O)cc4)ccc32)CC1. The van der Waals surface area contributed by atoms with Crippen molar-refractivity contribution in [1.82, 2.24) is 14.7 Å². The van der Waals surface area contributed by atoms with Crippen molar-refractivity contribution in [2.24, 2.45) is 0 Å². The number of carbonyl (C=O) groups is 2. The number of piperidine rings is 1. The predicted molar refractivity (Wildman–Crippen MR) is 118 cm³/mol. The molecule has 7 nitrogen and oxygen atoms in total. The molecule has 162 valence electrons. The number of rotatable bonds is 3. The average molecular weight is 421 g/mol. The lowest BCUT2D eigenvalue weighted by Gasteiger charge is -2.33. The molecular weight excluding hydrogens is 394 g/mol. The molecule has 7 heteroatoms. The molecule has 0 radical (unpaired) electrons. The highest BCUT2D eigenvalue weighted by Gasteiger charge is 2.28. The third-order valence-electron chi connectivity index (χ3n) is 5.52. The molecule has 0 aliphatic carbocycles. The van der Waals surface area contributed by atoms with Crippen LogP contribution in [0.5, 0.6) is 0 Å². The molecule has 2 aromatic carbocycles. The molecule has 1 aliphatic rings. The summed E-state index contributed by atoms with van der Waals surface area (Å²) in [5.41, 5.74) is 2.82. The lowest BCUT2D eigenvalue weighted by Crippen LogP contribution is -2.42. The van der Waals surface area contributed by atoms with Gasteiger partial charge in [0, 0.05) is 18.5 Å². The molecule has 1 amide bonds. The van der Waals surface area contributed by atoms with Gasteiger partial charge < -0.3 is 14.7 Å². The third kappa shape index (κ3) is 4.55. The van der Waals surface area contributed by atoms with Gasteiger partial charge in [-0.05, 0) is 69.0 Å². The van der Waals surface area contributed by atoms with Gasteiger partial charge in [0.2, 0.25) is 0 Å². The fraction of sp³-hybridized carbons (Fsp3) is 0.375. The van der Waals surface area contributed by atoms with E-state index in [1.807, 2.05) is 45.2 Å². The molecule has 0 spiro atoms. The molecule has 1 N–H and O–H groups in total. The summed E-state index contributed by atoms with van der Waals surface area (Å²) in [6.45, 7) is 6.93. The Balaban J connectivity index is 1.48. The van der Waals surface area contributed by atoms with E-state index in [1.54, 1.807) is 17.0 Å². The maximum atomic E-state index is 12.3. The molecule has 4 rings (SSSR count). The van der Waals surface area contributed by atoms with Crippen molar-refractivity contribution in [2.75, 3.05) is 13.1 Å². The number of likely N-dealkylation sites (tertiary alicyclic amines) is 1. The second-order valence-corrected chi connectivity index (χ2v) is 8.94. The van der Waals surface area contributed by atoms with Crippen LogP contribution < -0.4 is 0 Å². The summed E-state index contributed by atoms with van der Waals surface area (Å²) in [5, 5.41) is 14.7. The fourth-order valence-corrected chi connectivity index (χ4v) is 3.95. The van der Waals surface area contributed by atoms with Crippen molar-refractivity contribution in [3.63, 3.8) is 0 Å². The molecule has 31 heavy (non-hydrogen) atoms. The second kappa shape index (κ2) is 8.06. The van der Waals surface area contributed by atoms with Crippen molar-refractivity contribution in [2.45, 2.75) is 45.3 Å². The number of carbonyl (C=O) groups excluding carboxylic acids is 1. The number of benzene rings is 2. The van der Waals surface area contributed by atoms with E-state index in [4.69, 9.17) is 9.84 Å². The third-order valence-corrected chi connectivity index (χ3v) is 5.52. The summed E-state index contributed by atoms with van der Waals surface area (Å²) >= 11 is 0. The van der Waals surface area contributed by atoms with E-state index >= 15 is 0 Å². The maximum absolute atomic E-state index is 12.3. The largest absolute Gasteiger partial charge is 0.478 e. The maximum Gasteiger partial charge on any atom is 0.410 e. The topological polar surface area (TPSA) is 84.7 Å². The number of carboxylic acid groups (broad SMARTS) is 1. The Morgan fingerprint density at radius 2 is 1.68 bits per heavy atom. The van der Waals surface area contributed by atoms with Gasteiger partial charge >= 0.3 is 12.1 Å².